The van der Waals surface area contributed by atoms with Gasteiger partial charge in [0.15, 0.2) is 0 Å². The molecule has 1 aliphatic rings. The molecule has 0 spiro atoms. The van der Waals surface area contributed by atoms with Crippen LogP contribution in [0.2, 0.25) is 10.0 Å². The van der Waals surface area contributed by atoms with Gasteiger partial charge in [-0.3, -0.25) is 0 Å². The van der Waals surface area contributed by atoms with Crippen LogP contribution in [0.4, 0.5) is 0 Å². The van der Waals surface area contributed by atoms with Crippen LogP contribution in [0.25, 0.3) is 0 Å². The lowest BCUT2D eigenvalue weighted by atomic mass is 9.97. The van der Waals surface area contributed by atoms with E-state index in [1.54, 1.807) is 12.2 Å². The van der Waals surface area contributed by atoms with Crippen molar-refractivity contribution in [1.29, 1.82) is 0 Å². The topological polar surface area (TPSA) is 25.8 Å². The van der Waals surface area contributed by atoms with E-state index in [9.17, 15) is 0 Å². The number of quaternary nitrogens is 1. The van der Waals surface area contributed by atoms with Gasteiger partial charge < -0.3 is 10.1 Å². The summed E-state index contributed by atoms with van der Waals surface area (Å²) in [6.45, 7) is 26.2. The number of benzene rings is 2. The van der Waals surface area contributed by atoms with Gasteiger partial charge in [-0.25, -0.2) is 0 Å². The van der Waals surface area contributed by atoms with Crippen molar-refractivity contribution in [1.82, 2.24) is 0 Å². The normalized spacial score (nSPS) is 18.4. The molecule has 1 saturated heterocycles. The van der Waals surface area contributed by atoms with Gasteiger partial charge in [-0.1, -0.05) is 125 Å². The molecule has 2 aromatic carbocycles. The minimum atomic E-state index is 0.330. The van der Waals surface area contributed by atoms with E-state index < -0.39 is 0 Å². The van der Waals surface area contributed by atoms with Crippen LogP contribution < -0.4 is 5.32 Å². The number of ether oxygens (including phenoxy) is 1. The van der Waals surface area contributed by atoms with Gasteiger partial charge in [0.05, 0.1) is 12.7 Å². The van der Waals surface area contributed by atoms with E-state index in [2.05, 4.69) is 64.2 Å². The van der Waals surface area contributed by atoms with Crippen LogP contribution in [0.5, 0.6) is 0 Å². The van der Waals surface area contributed by atoms with E-state index in [0.717, 1.165) is 29.5 Å². The van der Waals surface area contributed by atoms with Crippen LogP contribution in [0, 0.1) is 5.92 Å². The molecule has 0 radical (unpaired) electrons. The van der Waals surface area contributed by atoms with Crippen LogP contribution in [0.1, 0.15) is 65.0 Å². The van der Waals surface area contributed by atoms with E-state index in [1.165, 1.54) is 18.4 Å². The summed E-state index contributed by atoms with van der Waals surface area (Å²) in [6, 6.07) is 18.8. The second kappa shape index (κ2) is 27.2. The fourth-order valence-corrected chi connectivity index (χ4v) is 3.96. The highest BCUT2D eigenvalue weighted by Gasteiger charge is 2.27. The van der Waals surface area contributed by atoms with Gasteiger partial charge in [-0.05, 0) is 43.5 Å². The average Bonchev–Trinajstić information content (AvgIpc) is 3.07. The SMILES string of the molecule is C=C.C=C/C=C\C=C.C=CCC1CCCC(c2ccc(Cl)cc2)[NH2+]C(C(C)C)CO1.CC.Clc1ccccc1. The quantitative estimate of drug-likeness (QED) is 0.270. The molecule has 0 saturated carbocycles. The molecular formula is C35H52Cl2NO+. The van der Waals surface area contributed by atoms with Gasteiger partial charge >= 0.3 is 0 Å². The zero-order valence-corrected chi connectivity index (χ0v) is 26.2. The zero-order valence-electron chi connectivity index (χ0n) is 24.7. The number of hydrogen-bond acceptors (Lipinski definition) is 1. The molecule has 0 aliphatic carbocycles. The Balaban J connectivity index is 0. The lowest BCUT2D eigenvalue weighted by Crippen LogP contribution is -2.93. The Kier molecular flexibility index (Phi) is 27.1. The molecular weight excluding hydrogens is 521 g/mol. The number of hydrogen-bond donors (Lipinski definition) is 1. The molecule has 3 atom stereocenters. The zero-order chi connectivity index (χ0) is 29.9. The predicted molar refractivity (Wildman–Crippen MR) is 177 cm³/mol. The molecule has 3 rings (SSSR count). The van der Waals surface area contributed by atoms with Gasteiger partial charge in [0, 0.05) is 27.9 Å². The van der Waals surface area contributed by atoms with Crippen molar-refractivity contribution >= 4 is 23.2 Å². The van der Waals surface area contributed by atoms with Gasteiger partial charge in [0.25, 0.3) is 0 Å². The molecule has 2 nitrogen and oxygen atoms in total. The van der Waals surface area contributed by atoms with Crippen LogP contribution in [0.15, 0.2) is 118 Å². The van der Waals surface area contributed by atoms with Crippen LogP contribution in [-0.4, -0.2) is 18.8 Å². The summed E-state index contributed by atoms with van der Waals surface area (Å²) in [7, 11) is 0. The summed E-state index contributed by atoms with van der Waals surface area (Å²) in [6.07, 6.45) is 13.8. The Hall–Kier alpha value is -2.36. The summed E-state index contributed by atoms with van der Waals surface area (Å²) in [5.41, 5.74) is 1.37. The molecule has 2 N–H and O–H groups in total. The average molecular weight is 574 g/mol. The molecule has 2 aromatic rings. The Labute approximate surface area is 250 Å². The number of allylic oxidation sites excluding steroid dienone is 4. The fourth-order valence-electron chi connectivity index (χ4n) is 3.69. The lowest BCUT2D eigenvalue weighted by Gasteiger charge is -2.25. The predicted octanol–water partition coefficient (Wildman–Crippen LogP) is 10.2. The maximum absolute atomic E-state index is 6.16. The van der Waals surface area contributed by atoms with Crippen molar-refractivity contribution in [2.24, 2.45) is 5.92 Å². The highest BCUT2D eigenvalue weighted by molar-refractivity contribution is 6.30. The molecule has 39 heavy (non-hydrogen) atoms. The van der Waals surface area contributed by atoms with E-state index in [-0.39, 0.29) is 0 Å². The standard InChI is InChI=1S/C19H28ClNO.C6H5Cl.C6H8.C2H6.C2H4/c1-4-6-17-7-5-8-18(15-9-11-16(20)12-10-15)21-19(13-22-17)14(2)3;7-6-4-2-1-3-5-6;1-3-5-6-4-2;2*1-2/h4,9-12,14,17-19,21H,1,5-8,13H2,2-3H3;1-5H;3-6H,1-2H2;1-2H3;1-2H2/p+1/b;;6-5-;;. The van der Waals surface area contributed by atoms with Gasteiger partial charge in [-0.15, -0.1) is 19.7 Å². The highest BCUT2D eigenvalue weighted by Crippen LogP contribution is 2.22. The molecule has 0 bridgehead atoms. The monoisotopic (exact) mass is 572 g/mol. The number of halogens is 2. The molecule has 4 heteroatoms. The summed E-state index contributed by atoms with van der Waals surface area (Å²) in [5, 5.41) is 4.11. The van der Waals surface area contributed by atoms with Crippen LogP contribution in [-0.2, 0) is 4.74 Å². The first kappa shape index (κ1) is 38.8. The van der Waals surface area contributed by atoms with E-state index >= 15 is 0 Å². The first-order valence-electron chi connectivity index (χ1n) is 13.8. The third-order valence-electron chi connectivity index (χ3n) is 5.75. The molecule has 216 valence electrons. The Morgan fingerprint density at radius 3 is 1.85 bits per heavy atom. The molecule has 1 heterocycles. The van der Waals surface area contributed by atoms with Gasteiger partial charge in [-0.2, -0.15) is 0 Å². The van der Waals surface area contributed by atoms with Crippen LogP contribution >= 0.6 is 23.2 Å². The van der Waals surface area contributed by atoms with Gasteiger partial charge in [0.1, 0.15) is 12.1 Å². The fraction of sp³-hybridized carbons (Fsp3) is 0.371. The molecule has 0 amide bonds. The largest absolute Gasteiger partial charge is 0.372 e. The van der Waals surface area contributed by atoms with Crippen molar-refractivity contribution in [3.8, 4) is 0 Å². The minimum absolute atomic E-state index is 0.330. The number of rotatable bonds is 6. The van der Waals surface area contributed by atoms with Gasteiger partial charge in [0.2, 0.25) is 0 Å². The van der Waals surface area contributed by atoms with Crippen molar-refractivity contribution in [3.63, 3.8) is 0 Å². The van der Waals surface area contributed by atoms with Crippen molar-refractivity contribution in [2.45, 2.75) is 71.6 Å². The van der Waals surface area contributed by atoms with E-state index in [1.807, 2.05) is 74.5 Å². The third-order valence-corrected chi connectivity index (χ3v) is 6.25. The molecule has 0 aromatic heterocycles. The number of nitrogens with two attached hydrogens (primary N) is 1. The van der Waals surface area contributed by atoms with Crippen LogP contribution in [0.3, 0.4) is 0 Å². The van der Waals surface area contributed by atoms with E-state index in [4.69, 9.17) is 27.9 Å². The summed E-state index contributed by atoms with van der Waals surface area (Å²) in [4.78, 5) is 0. The Bertz CT molecular complexity index is 867. The van der Waals surface area contributed by atoms with Crippen molar-refractivity contribution in [2.75, 3.05) is 6.61 Å². The first-order chi connectivity index (χ1) is 18.9. The lowest BCUT2D eigenvalue weighted by molar-refractivity contribution is -0.735. The molecule has 1 fully saturated rings. The van der Waals surface area contributed by atoms with Crippen molar-refractivity contribution in [3.05, 3.63) is 133 Å². The molecule has 3 unspecified atom stereocenters. The minimum Gasteiger partial charge on any atom is -0.372 e. The smallest absolute Gasteiger partial charge is 0.112 e. The highest BCUT2D eigenvalue weighted by atomic mass is 35.5. The maximum Gasteiger partial charge on any atom is 0.112 e. The Morgan fingerprint density at radius 1 is 0.872 bits per heavy atom. The summed E-state index contributed by atoms with van der Waals surface area (Å²) in [5.74, 6) is 0.595. The summed E-state index contributed by atoms with van der Waals surface area (Å²) >= 11 is 11.6. The van der Waals surface area contributed by atoms with Crippen molar-refractivity contribution < 1.29 is 10.1 Å². The Morgan fingerprint density at radius 2 is 1.41 bits per heavy atom. The summed E-state index contributed by atoms with van der Waals surface area (Å²) < 4.78 is 6.16. The third kappa shape index (κ3) is 20.2. The molecule has 1 aliphatic heterocycles. The second-order valence-corrected chi connectivity index (χ2v) is 9.69. The maximum atomic E-state index is 6.16. The first-order valence-corrected chi connectivity index (χ1v) is 14.6. The second-order valence-electron chi connectivity index (χ2n) is 8.82. The van der Waals surface area contributed by atoms with E-state index in [0.29, 0.717) is 24.1 Å².